The van der Waals surface area contributed by atoms with Gasteiger partial charge in [-0.2, -0.15) is 0 Å². The third kappa shape index (κ3) is 4.48. The molecule has 0 aliphatic heterocycles. The Morgan fingerprint density at radius 3 is 1.92 bits per heavy atom. The zero-order valence-corrected chi connectivity index (χ0v) is 35.0. The molecule has 1 aromatic heterocycles. The fraction of sp³-hybridized carbons (Fsp3) is 0.276. The van der Waals surface area contributed by atoms with Gasteiger partial charge in [0.25, 0.3) is 0 Å². The molecule has 0 amide bonds. The molecule has 2 spiro atoms. The predicted octanol–water partition coefficient (Wildman–Crippen LogP) is 16.1. The van der Waals surface area contributed by atoms with Crippen molar-refractivity contribution in [1.29, 1.82) is 0 Å². The van der Waals surface area contributed by atoms with E-state index < -0.39 is 0 Å². The maximum Gasteiger partial charge on any atom is 0.0543 e. The molecular weight excluding hydrogens is 743 g/mol. The summed E-state index contributed by atoms with van der Waals surface area (Å²) in [6, 6.07) is 59.3. The summed E-state index contributed by atoms with van der Waals surface area (Å²) in [5, 5.41) is 2.70. The quantitative estimate of drug-likeness (QED) is 0.172. The van der Waals surface area contributed by atoms with E-state index in [4.69, 9.17) is 0 Å². The molecule has 0 atom stereocenters. The molecule has 0 N–H and O–H groups in total. The highest BCUT2D eigenvalue weighted by Gasteiger charge is 2.61. The SMILES string of the molecule is c1ccc2c(c1)-c1c(N(c3ccc(-c4cccc5c4sc4ccccc45)cc3)c3ccc4c(c3)-c3ccccc3[C@]43C4CC5C[C@@H](C4)C[C@@H]3C5)cccc1C21CCCCC1. The van der Waals surface area contributed by atoms with E-state index in [1.165, 1.54) is 140 Å². The van der Waals surface area contributed by atoms with Gasteiger partial charge in [-0.25, -0.2) is 0 Å². The van der Waals surface area contributed by atoms with Crippen LogP contribution in [0.2, 0.25) is 0 Å². The second-order valence-corrected chi connectivity index (χ2v) is 20.6. The lowest BCUT2D eigenvalue weighted by Gasteiger charge is -2.61. The van der Waals surface area contributed by atoms with Crippen molar-refractivity contribution in [3.05, 3.63) is 174 Å². The number of anilines is 3. The monoisotopic (exact) mass is 791 g/mol. The lowest BCUT2D eigenvalue weighted by atomic mass is 9.43. The number of nitrogens with zero attached hydrogens (tertiary/aromatic N) is 1. The van der Waals surface area contributed by atoms with Gasteiger partial charge >= 0.3 is 0 Å². The first-order valence-corrected chi connectivity index (χ1v) is 23.8. The first kappa shape index (κ1) is 34.3. The van der Waals surface area contributed by atoms with Gasteiger partial charge in [0.1, 0.15) is 0 Å². The van der Waals surface area contributed by atoms with E-state index in [0.29, 0.717) is 0 Å². The lowest BCUT2D eigenvalue weighted by Crippen LogP contribution is -2.55. The topological polar surface area (TPSA) is 3.24 Å². The standard InChI is InChI=1S/C58H49NS/c1-8-28-57(29-9-1)49-17-5-3-14-47(49)55-52(57)19-11-20-53(55)59(41-24-22-38(23-25-41)43-15-10-16-46-45-13-4-7-21-54(45)60-56(43)46)42-26-27-51-48(35-42)44-12-2-6-18-50(44)58(51)39-31-36-30-37(33-39)34-40(58)32-36/h2-7,10-27,35-37,39-40H,1,8-9,28-34H2/t36-,37?,39-,40?,58+/m1/s1. The van der Waals surface area contributed by atoms with Crippen molar-refractivity contribution in [1.82, 2.24) is 0 Å². The highest BCUT2D eigenvalue weighted by atomic mass is 32.1. The van der Waals surface area contributed by atoms with Crippen molar-refractivity contribution >= 4 is 48.6 Å². The molecule has 5 saturated carbocycles. The number of hydrogen-bond donors (Lipinski definition) is 0. The molecule has 5 fully saturated rings. The van der Waals surface area contributed by atoms with E-state index in [0.717, 1.165) is 23.7 Å². The van der Waals surface area contributed by atoms with E-state index in [2.05, 4.69) is 157 Å². The van der Waals surface area contributed by atoms with Crippen molar-refractivity contribution in [3.8, 4) is 33.4 Å². The van der Waals surface area contributed by atoms with Gasteiger partial charge in [-0.1, -0.05) is 135 Å². The first-order valence-electron chi connectivity index (χ1n) is 23.0. The van der Waals surface area contributed by atoms with Gasteiger partial charge in [0.05, 0.1) is 5.69 Å². The van der Waals surface area contributed by atoms with Gasteiger partial charge in [-0.05, 0) is 155 Å². The van der Waals surface area contributed by atoms with Crippen LogP contribution in [0.25, 0.3) is 53.6 Å². The Hall–Kier alpha value is -5.44. The molecule has 7 aliphatic rings. The van der Waals surface area contributed by atoms with Crippen molar-refractivity contribution in [2.24, 2.45) is 23.7 Å². The molecular formula is C58H49NS. The maximum absolute atomic E-state index is 2.63. The largest absolute Gasteiger partial charge is 0.310 e. The van der Waals surface area contributed by atoms with E-state index in [1.54, 1.807) is 16.7 Å². The van der Waals surface area contributed by atoms with Crippen molar-refractivity contribution in [2.75, 3.05) is 4.90 Å². The summed E-state index contributed by atoms with van der Waals surface area (Å²) in [6.45, 7) is 0. The fourth-order valence-electron chi connectivity index (χ4n) is 14.8. The minimum absolute atomic E-state index is 0.0986. The molecule has 0 radical (unpaired) electrons. The molecule has 1 nitrogen and oxygen atoms in total. The second kappa shape index (κ2) is 12.6. The molecule has 7 aliphatic carbocycles. The molecule has 0 saturated heterocycles. The average Bonchev–Trinajstić information content (AvgIpc) is 3.91. The number of rotatable bonds is 4. The summed E-state index contributed by atoms with van der Waals surface area (Å²) in [6.07, 6.45) is 13.5. The van der Waals surface area contributed by atoms with Gasteiger partial charge in [-0.15, -0.1) is 11.3 Å². The Labute approximate surface area is 357 Å². The highest BCUT2D eigenvalue weighted by molar-refractivity contribution is 7.26. The Balaban J connectivity index is 0.973. The lowest BCUT2D eigenvalue weighted by molar-refractivity contribution is -0.0399. The van der Waals surface area contributed by atoms with Crippen molar-refractivity contribution in [2.45, 2.75) is 75.0 Å². The number of thiophene rings is 1. The molecule has 0 unspecified atom stereocenters. The van der Waals surface area contributed by atoms with E-state index in [9.17, 15) is 0 Å². The van der Waals surface area contributed by atoms with Crippen LogP contribution in [-0.4, -0.2) is 0 Å². The first-order chi connectivity index (χ1) is 29.7. The van der Waals surface area contributed by atoms with Gasteiger partial charge < -0.3 is 4.90 Å². The summed E-state index contributed by atoms with van der Waals surface area (Å²) < 4.78 is 2.72. The molecule has 1 heterocycles. The third-order valence-corrected chi connectivity index (χ3v) is 18.1. The Kier molecular flexibility index (Phi) is 7.18. The number of fused-ring (bicyclic) bond motifs is 11. The van der Waals surface area contributed by atoms with Crippen LogP contribution < -0.4 is 4.90 Å². The molecule has 15 rings (SSSR count). The minimum atomic E-state index is 0.0986. The average molecular weight is 792 g/mol. The second-order valence-electron chi connectivity index (χ2n) is 19.5. The smallest absolute Gasteiger partial charge is 0.0543 e. The van der Waals surface area contributed by atoms with E-state index >= 15 is 0 Å². The minimum Gasteiger partial charge on any atom is -0.310 e. The van der Waals surface area contributed by atoms with Crippen LogP contribution in [0.1, 0.15) is 86.5 Å². The summed E-state index contributed by atoms with van der Waals surface area (Å²) >= 11 is 1.92. The molecule has 8 aromatic rings. The molecule has 60 heavy (non-hydrogen) atoms. The Morgan fingerprint density at radius 1 is 0.467 bits per heavy atom. The van der Waals surface area contributed by atoms with Gasteiger partial charge in [0, 0.05) is 47.9 Å². The van der Waals surface area contributed by atoms with Crippen molar-refractivity contribution in [3.63, 3.8) is 0 Å². The van der Waals surface area contributed by atoms with Crippen LogP contribution in [0.4, 0.5) is 17.1 Å². The Bertz CT molecular complexity index is 3020. The zero-order chi connectivity index (χ0) is 39.2. The highest BCUT2D eigenvalue weighted by Crippen LogP contribution is 2.70. The van der Waals surface area contributed by atoms with Crippen LogP contribution in [0.5, 0.6) is 0 Å². The van der Waals surface area contributed by atoms with E-state index in [1.807, 2.05) is 11.3 Å². The van der Waals surface area contributed by atoms with Crippen LogP contribution in [-0.2, 0) is 10.8 Å². The summed E-state index contributed by atoms with van der Waals surface area (Å²) in [4.78, 5) is 2.63. The number of benzene rings is 7. The normalized spacial score (nSPS) is 24.9. The van der Waals surface area contributed by atoms with Gasteiger partial charge in [0.2, 0.25) is 0 Å². The molecule has 2 heteroatoms. The van der Waals surface area contributed by atoms with E-state index in [-0.39, 0.29) is 10.8 Å². The molecule has 4 bridgehead atoms. The maximum atomic E-state index is 2.63. The Morgan fingerprint density at radius 2 is 1.10 bits per heavy atom. The van der Waals surface area contributed by atoms with Crippen LogP contribution >= 0.6 is 11.3 Å². The zero-order valence-electron chi connectivity index (χ0n) is 34.2. The van der Waals surface area contributed by atoms with Gasteiger partial charge in [0.15, 0.2) is 0 Å². The third-order valence-electron chi connectivity index (χ3n) is 16.9. The molecule has 7 aromatic carbocycles. The van der Waals surface area contributed by atoms with Gasteiger partial charge in [-0.3, -0.25) is 0 Å². The summed E-state index contributed by atoms with van der Waals surface area (Å²) in [5.41, 5.74) is 18.8. The predicted molar refractivity (Wildman–Crippen MR) is 252 cm³/mol. The van der Waals surface area contributed by atoms with Crippen LogP contribution in [0.15, 0.2) is 152 Å². The fourth-order valence-corrected chi connectivity index (χ4v) is 16.1. The molecule has 292 valence electrons. The van der Waals surface area contributed by atoms with Crippen LogP contribution in [0, 0.1) is 23.7 Å². The van der Waals surface area contributed by atoms with Crippen LogP contribution in [0.3, 0.4) is 0 Å². The number of hydrogen-bond acceptors (Lipinski definition) is 2. The van der Waals surface area contributed by atoms with Crippen molar-refractivity contribution < 1.29 is 0 Å². The summed E-state index contributed by atoms with van der Waals surface area (Å²) in [7, 11) is 0. The summed E-state index contributed by atoms with van der Waals surface area (Å²) in [5.74, 6) is 3.40.